The second-order valence-electron chi connectivity index (χ2n) is 6.09. The Morgan fingerprint density at radius 3 is 2.73 bits per heavy atom. The van der Waals surface area contributed by atoms with Crippen LogP contribution >= 0.6 is 15.9 Å². The maximum Gasteiger partial charge on any atom is 0.161 e. The van der Waals surface area contributed by atoms with Gasteiger partial charge in [-0.25, -0.2) is 4.39 Å². The van der Waals surface area contributed by atoms with Gasteiger partial charge in [-0.3, -0.25) is 4.79 Å². The van der Waals surface area contributed by atoms with Crippen molar-refractivity contribution in [1.29, 1.82) is 0 Å². The number of carbonyl (C=O) groups is 1. The van der Waals surface area contributed by atoms with Crippen LogP contribution in [-0.2, 0) is 9.63 Å². The van der Waals surface area contributed by atoms with Crippen molar-refractivity contribution in [2.24, 2.45) is 0 Å². The summed E-state index contributed by atoms with van der Waals surface area (Å²) in [4.78, 5) is 18.2. The summed E-state index contributed by atoms with van der Waals surface area (Å²) >= 11 is 3.32. The zero-order valence-corrected chi connectivity index (χ0v) is 14.4. The molecule has 0 aliphatic carbocycles. The molecule has 1 spiro atoms. The van der Waals surface area contributed by atoms with Crippen LogP contribution in [0, 0.1) is 12.7 Å². The van der Waals surface area contributed by atoms with Crippen LogP contribution in [0.4, 0.5) is 4.39 Å². The molecular formula is C16H20BrFN2O2. The molecule has 0 aromatic heterocycles. The van der Waals surface area contributed by atoms with Gasteiger partial charge in [-0.05, 0) is 43.0 Å². The Balaban J connectivity index is 1.86. The summed E-state index contributed by atoms with van der Waals surface area (Å²) in [7, 11) is 1.65. The van der Waals surface area contributed by atoms with Gasteiger partial charge in [-0.2, -0.15) is 5.06 Å². The maximum absolute atomic E-state index is 14.0. The fourth-order valence-corrected chi connectivity index (χ4v) is 4.01. The fourth-order valence-electron chi connectivity index (χ4n) is 3.56. The SMILES string of the molecule is CON1CCC2(CC1)NCC(c1cc(Br)cc(F)c1C)C2=O. The normalized spacial score (nSPS) is 25.1. The monoisotopic (exact) mass is 370 g/mol. The number of rotatable bonds is 2. The van der Waals surface area contributed by atoms with Gasteiger partial charge in [0.1, 0.15) is 5.82 Å². The third-order valence-electron chi connectivity index (χ3n) is 4.99. The molecule has 4 nitrogen and oxygen atoms in total. The Labute approximate surface area is 138 Å². The Kier molecular flexibility index (Phi) is 4.38. The molecule has 0 bridgehead atoms. The molecule has 1 unspecified atom stereocenters. The highest BCUT2D eigenvalue weighted by Crippen LogP contribution is 2.37. The van der Waals surface area contributed by atoms with Gasteiger partial charge in [0.05, 0.1) is 18.6 Å². The molecule has 3 rings (SSSR count). The van der Waals surface area contributed by atoms with Gasteiger partial charge in [0.25, 0.3) is 0 Å². The van der Waals surface area contributed by atoms with E-state index in [1.54, 1.807) is 14.0 Å². The summed E-state index contributed by atoms with van der Waals surface area (Å²) in [6, 6.07) is 3.31. The van der Waals surface area contributed by atoms with Crippen LogP contribution < -0.4 is 5.32 Å². The molecule has 1 aromatic rings. The summed E-state index contributed by atoms with van der Waals surface area (Å²) in [6.45, 7) is 3.77. The number of carbonyl (C=O) groups excluding carboxylic acids is 1. The minimum Gasteiger partial charge on any atom is -0.304 e. The van der Waals surface area contributed by atoms with Crippen molar-refractivity contribution in [3.05, 3.63) is 33.5 Å². The van der Waals surface area contributed by atoms with E-state index in [-0.39, 0.29) is 17.5 Å². The van der Waals surface area contributed by atoms with Gasteiger partial charge in [-0.1, -0.05) is 15.9 Å². The van der Waals surface area contributed by atoms with E-state index in [4.69, 9.17) is 4.84 Å². The van der Waals surface area contributed by atoms with Crippen molar-refractivity contribution in [2.45, 2.75) is 31.2 Å². The van der Waals surface area contributed by atoms with E-state index in [0.29, 0.717) is 16.6 Å². The molecule has 1 aromatic carbocycles. The summed E-state index contributed by atoms with van der Waals surface area (Å²) in [5, 5.41) is 5.28. The Morgan fingerprint density at radius 1 is 1.41 bits per heavy atom. The molecule has 0 radical (unpaired) electrons. The fraction of sp³-hybridized carbons (Fsp3) is 0.562. The van der Waals surface area contributed by atoms with E-state index in [0.717, 1.165) is 31.5 Å². The third-order valence-corrected chi connectivity index (χ3v) is 5.45. The van der Waals surface area contributed by atoms with Crippen molar-refractivity contribution in [3.8, 4) is 0 Å². The Morgan fingerprint density at radius 2 is 2.09 bits per heavy atom. The number of hydrogen-bond donors (Lipinski definition) is 1. The number of benzene rings is 1. The van der Waals surface area contributed by atoms with Crippen molar-refractivity contribution in [3.63, 3.8) is 0 Å². The van der Waals surface area contributed by atoms with Crippen LogP contribution in [0.3, 0.4) is 0 Å². The van der Waals surface area contributed by atoms with E-state index in [2.05, 4.69) is 21.2 Å². The first-order valence-corrected chi connectivity index (χ1v) is 8.30. The number of nitrogens with zero attached hydrogens (tertiary/aromatic N) is 1. The summed E-state index contributed by atoms with van der Waals surface area (Å²) in [6.07, 6.45) is 1.46. The summed E-state index contributed by atoms with van der Waals surface area (Å²) < 4.78 is 14.6. The summed E-state index contributed by atoms with van der Waals surface area (Å²) in [5.41, 5.74) is 0.871. The number of ketones is 1. The largest absolute Gasteiger partial charge is 0.304 e. The van der Waals surface area contributed by atoms with E-state index in [9.17, 15) is 9.18 Å². The first-order chi connectivity index (χ1) is 10.5. The third kappa shape index (κ3) is 2.62. The average molecular weight is 371 g/mol. The van der Waals surface area contributed by atoms with Crippen LogP contribution in [-0.4, -0.2) is 43.1 Å². The molecule has 1 atom stereocenters. The Bertz CT molecular complexity index is 600. The first kappa shape index (κ1) is 16.1. The standard InChI is InChI=1S/C16H20BrFN2O2/c1-10-12(7-11(17)8-14(10)18)13-9-19-16(15(13)21)3-5-20(22-2)6-4-16/h7-8,13,19H,3-6,9H2,1-2H3. The van der Waals surface area contributed by atoms with Gasteiger partial charge >= 0.3 is 0 Å². The molecule has 22 heavy (non-hydrogen) atoms. The average Bonchev–Trinajstić information content (AvgIpc) is 2.81. The molecule has 2 saturated heterocycles. The number of nitrogens with one attached hydrogen (secondary N) is 1. The van der Waals surface area contributed by atoms with E-state index >= 15 is 0 Å². The number of Topliss-reactive ketones (excluding diaryl/α,β-unsaturated/α-hetero) is 1. The van der Waals surface area contributed by atoms with Crippen LogP contribution in [0.1, 0.15) is 29.9 Å². The highest BCUT2D eigenvalue weighted by Gasteiger charge is 2.49. The quantitative estimate of drug-likeness (QED) is 0.868. The lowest BCUT2D eigenvalue weighted by molar-refractivity contribution is -0.156. The lowest BCUT2D eigenvalue weighted by Gasteiger charge is -2.37. The predicted molar refractivity (Wildman–Crippen MR) is 85.1 cm³/mol. The van der Waals surface area contributed by atoms with Crippen LogP contribution in [0.2, 0.25) is 0 Å². The number of hydrogen-bond acceptors (Lipinski definition) is 4. The van der Waals surface area contributed by atoms with Crippen molar-refractivity contribution < 1.29 is 14.0 Å². The van der Waals surface area contributed by atoms with Gasteiger partial charge in [-0.15, -0.1) is 0 Å². The zero-order valence-electron chi connectivity index (χ0n) is 12.8. The molecule has 2 aliphatic rings. The number of piperidine rings is 1. The predicted octanol–water partition coefficient (Wildman–Crippen LogP) is 2.55. The minimum absolute atomic E-state index is 0.184. The second kappa shape index (κ2) is 6.00. The molecule has 0 saturated carbocycles. The van der Waals surface area contributed by atoms with E-state index < -0.39 is 5.54 Å². The minimum atomic E-state index is -0.481. The van der Waals surface area contributed by atoms with Crippen LogP contribution in [0.25, 0.3) is 0 Å². The molecule has 2 aliphatic heterocycles. The number of hydroxylamine groups is 2. The van der Waals surface area contributed by atoms with Gasteiger partial charge < -0.3 is 10.2 Å². The van der Waals surface area contributed by atoms with Crippen molar-refractivity contribution in [2.75, 3.05) is 26.7 Å². The molecule has 2 fully saturated rings. The number of halogens is 2. The van der Waals surface area contributed by atoms with E-state index in [1.165, 1.54) is 6.07 Å². The molecule has 0 amide bonds. The zero-order chi connectivity index (χ0) is 15.9. The molecule has 2 heterocycles. The first-order valence-electron chi connectivity index (χ1n) is 7.51. The molecular weight excluding hydrogens is 351 g/mol. The topological polar surface area (TPSA) is 41.6 Å². The van der Waals surface area contributed by atoms with Gasteiger partial charge in [0.2, 0.25) is 0 Å². The van der Waals surface area contributed by atoms with Crippen LogP contribution in [0.5, 0.6) is 0 Å². The van der Waals surface area contributed by atoms with Crippen molar-refractivity contribution >= 4 is 21.7 Å². The molecule has 120 valence electrons. The highest BCUT2D eigenvalue weighted by molar-refractivity contribution is 9.10. The molecule has 1 N–H and O–H groups in total. The lowest BCUT2D eigenvalue weighted by atomic mass is 9.80. The Hall–Kier alpha value is -0.820. The van der Waals surface area contributed by atoms with E-state index in [1.807, 2.05) is 11.1 Å². The second-order valence-corrected chi connectivity index (χ2v) is 7.01. The molecule has 6 heteroatoms. The van der Waals surface area contributed by atoms with Crippen LogP contribution in [0.15, 0.2) is 16.6 Å². The highest BCUT2D eigenvalue weighted by atomic mass is 79.9. The van der Waals surface area contributed by atoms with Gasteiger partial charge in [0.15, 0.2) is 5.78 Å². The van der Waals surface area contributed by atoms with Crippen molar-refractivity contribution in [1.82, 2.24) is 10.4 Å². The maximum atomic E-state index is 14.0. The lowest BCUT2D eigenvalue weighted by Crippen LogP contribution is -2.53. The summed E-state index contributed by atoms with van der Waals surface area (Å²) in [5.74, 6) is -0.364. The van der Waals surface area contributed by atoms with Gasteiger partial charge in [0, 0.05) is 24.1 Å². The smallest absolute Gasteiger partial charge is 0.161 e.